The van der Waals surface area contributed by atoms with Gasteiger partial charge in [0.1, 0.15) is 6.04 Å². The molecule has 0 aliphatic carbocycles. The van der Waals surface area contributed by atoms with Crippen LogP contribution < -0.4 is 0 Å². The highest BCUT2D eigenvalue weighted by Gasteiger charge is 2.22. The van der Waals surface area contributed by atoms with Crippen LogP contribution in [0.3, 0.4) is 0 Å². The van der Waals surface area contributed by atoms with E-state index >= 15 is 0 Å². The van der Waals surface area contributed by atoms with Crippen LogP contribution in [0.25, 0.3) is 0 Å². The number of benzene rings is 1. The molecular weight excluding hydrogens is 226 g/mol. The van der Waals surface area contributed by atoms with Gasteiger partial charge in [0.05, 0.1) is 0 Å². The number of likely N-dealkylation sites (N-methyl/N-ethyl adjacent to an activating group) is 1. The summed E-state index contributed by atoms with van der Waals surface area (Å²) in [4.78, 5) is 13.2. The van der Waals surface area contributed by atoms with Gasteiger partial charge in [-0.2, -0.15) is 0 Å². The standard InChI is InChI=1S/C15H23NO2/c1-4-5-10-14(15(17)18)16(3)11-13-9-7-6-8-12(13)2/h6-9,14H,4-5,10-11H2,1-3H3,(H,17,18). The molecule has 3 nitrogen and oxygen atoms in total. The summed E-state index contributed by atoms with van der Waals surface area (Å²) < 4.78 is 0. The summed E-state index contributed by atoms with van der Waals surface area (Å²) in [5, 5.41) is 9.28. The second-order valence-corrected chi connectivity index (χ2v) is 4.84. The normalized spacial score (nSPS) is 12.7. The van der Waals surface area contributed by atoms with Crippen molar-refractivity contribution in [2.75, 3.05) is 7.05 Å². The number of hydrogen-bond donors (Lipinski definition) is 1. The number of carboxylic acids is 1. The Kier molecular flexibility index (Phi) is 5.86. The molecule has 0 heterocycles. The largest absolute Gasteiger partial charge is 0.480 e. The average Bonchev–Trinajstić information content (AvgIpc) is 2.32. The number of aryl methyl sites for hydroxylation is 1. The molecular formula is C15H23NO2. The molecule has 1 unspecified atom stereocenters. The molecule has 1 rings (SSSR count). The molecule has 1 atom stereocenters. The Hall–Kier alpha value is -1.35. The predicted octanol–water partition coefficient (Wildman–Crippen LogP) is 3.07. The first-order chi connectivity index (χ1) is 8.56. The summed E-state index contributed by atoms with van der Waals surface area (Å²) in [5.74, 6) is -0.723. The lowest BCUT2D eigenvalue weighted by atomic mass is 10.1. The highest BCUT2D eigenvalue weighted by Crippen LogP contribution is 2.14. The lowest BCUT2D eigenvalue weighted by Gasteiger charge is -2.25. The van der Waals surface area contributed by atoms with E-state index in [2.05, 4.69) is 26.0 Å². The Balaban J connectivity index is 2.69. The minimum atomic E-state index is -0.723. The first-order valence-electron chi connectivity index (χ1n) is 6.53. The van der Waals surface area contributed by atoms with Gasteiger partial charge in [-0.3, -0.25) is 9.69 Å². The van der Waals surface area contributed by atoms with Gasteiger partial charge in [-0.25, -0.2) is 0 Å². The van der Waals surface area contributed by atoms with Crippen LogP contribution in [0, 0.1) is 6.92 Å². The summed E-state index contributed by atoms with van der Waals surface area (Å²) >= 11 is 0. The van der Waals surface area contributed by atoms with Gasteiger partial charge < -0.3 is 5.11 Å². The van der Waals surface area contributed by atoms with Crippen LogP contribution >= 0.6 is 0 Å². The monoisotopic (exact) mass is 249 g/mol. The number of carbonyl (C=O) groups is 1. The predicted molar refractivity (Wildman–Crippen MR) is 73.6 cm³/mol. The molecule has 100 valence electrons. The third-order valence-electron chi connectivity index (χ3n) is 3.33. The van der Waals surface area contributed by atoms with Gasteiger partial charge in [-0.1, -0.05) is 44.0 Å². The van der Waals surface area contributed by atoms with E-state index in [1.54, 1.807) is 0 Å². The van der Waals surface area contributed by atoms with E-state index in [1.807, 2.05) is 24.1 Å². The van der Waals surface area contributed by atoms with Crippen molar-refractivity contribution in [3.63, 3.8) is 0 Å². The maximum atomic E-state index is 11.3. The van der Waals surface area contributed by atoms with Crippen molar-refractivity contribution in [2.45, 2.75) is 45.7 Å². The van der Waals surface area contributed by atoms with Crippen molar-refractivity contribution in [3.8, 4) is 0 Å². The Morgan fingerprint density at radius 2 is 2.06 bits per heavy atom. The lowest BCUT2D eigenvalue weighted by Crippen LogP contribution is -2.38. The van der Waals surface area contributed by atoms with E-state index in [0.717, 1.165) is 12.8 Å². The fraction of sp³-hybridized carbons (Fsp3) is 0.533. The number of unbranched alkanes of at least 4 members (excludes halogenated alkanes) is 1. The van der Waals surface area contributed by atoms with Crippen molar-refractivity contribution in [1.82, 2.24) is 4.90 Å². The number of rotatable bonds is 7. The molecule has 0 fully saturated rings. The Bertz CT molecular complexity index is 390. The molecule has 1 N–H and O–H groups in total. The van der Waals surface area contributed by atoms with Gasteiger partial charge in [0.2, 0.25) is 0 Å². The molecule has 0 bridgehead atoms. The Labute approximate surface area is 109 Å². The maximum absolute atomic E-state index is 11.3. The molecule has 1 aromatic rings. The summed E-state index contributed by atoms with van der Waals surface area (Å²) in [6.45, 7) is 4.83. The van der Waals surface area contributed by atoms with Crippen LogP contribution in [0.5, 0.6) is 0 Å². The van der Waals surface area contributed by atoms with E-state index in [-0.39, 0.29) is 6.04 Å². The molecule has 0 saturated heterocycles. The molecule has 0 aromatic heterocycles. The quantitative estimate of drug-likeness (QED) is 0.807. The van der Waals surface area contributed by atoms with Crippen molar-refractivity contribution in [3.05, 3.63) is 35.4 Å². The molecule has 0 amide bonds. The first kappa shape index (κ1) is 14.7. The van der Waals surface area contributed by atoms with Crippen LogP contribution in [-0.4, -0.2) is 29.1 Å². The molecule has 18 heavy (non-hydrogen) atoms. The van der Waals surface area contributed by atoms with Crippen LogP contribution in [0.15, 0.2) is 24.3 Å². The summed E-state index contributed by atoms with van der Waals surface area (Å²) in [6.07, 6.45) is 2.70. The smallest absolute Gasteiger partial charge is 0.320 e. The van der Waals surface area contributed by atoms with Crippen LogP contribution in [0.2, 0.25) is 0 Å². The van der Waals surface area contributed by atoms with E-state index in [0.29, 0.717) is 13.0 Å². The van der Waals surface area contributed by atoms with E-state index in [1.165, 1.54) is 11.1 Å². The number of aliphatic carboxylic acids is 1. The minimum Gasteiger partial charge on any atom is -0.480 e. The van der Waals surface area contributed by atoms with E-state index < -0.39 is 5.97 Å². The second-order valence-electron chi connectivity index (χ2n) is 4.84. The SMILES string of the molecule is CCCCC(C(=O)O)N(C)Cc1ccccc1C. The zero-order chi connectivity index (χ0) is 13.5. The maximum Gasteiger partial charge on any atom is 0.320 e. The molecule has 1 aromatic carbocycles. The second kappa shape index (κ2) is 7.17. The third kappa shape index (κ3) is 4.15. The van der Waals surface area contributed by atoms with Gasteiger partial charge in [0.25, 0.3) is 0 Å². The summed E-state index contributed by atoms with van der Waals surface area (Å²) in [5.41, 5.74) is 2.41. The van der Waals surface area contributed by atoms with Gasteiger partial charge in [0.15, 0.2) is 0 Å². The molecule has 0 spiro atoms. The Morgan fingerprint density at radius 1 is 1.39 bits per heavy atom. The van der Waals surface area contributed by atoms with Crippen LogP contribution in [0.4, 0.5) is 0 Å². The molecule has 0 radical (unpaired) electrons. The van der Waals surface area contributed by atoms with Crippen molar-refractivity contribution in [2.24, 2.45) is 0 Å². The first-order valence-corrected chi connectivity index (χ1v) is 6.53. The van der Waals surface area contributed by atoms with Gasteiger partial charge in [0, 0.05) is 6.54 Å². The molecule has 0 saturated carbocycles. The van der Waals surface area contributed by atoms with Crippen molar-refractivity contribution >= 4 is 5.97 Å². The highest BCUT2D eigenvalue weighted by atomic mass is 16.4. The lowest BCUT2D eigenvalue weighted by molar-refractivity contribution is -0.143. The zero-order valence-corrected chi connectivity index (χ0v) is 11.5. The number of nitrogens with zero attached hydrogens (tertiary/aromatic N) is 1. The van der Waals surface area contributed by atoms with E-state index in [4.69, 9.17) is 0 Å². The number of carboxylic acid groups (broad SMARTS) is 1. The van der Waals surface area contributed by atoms with Gasteiger partial charge in [-0.15, -0.1) is 0 Å². The van der Waals surface area contributed by atoms with Crippen molar-refractivity contribution in [1.29, 1.82) is 0 Å². The number of hydrogen-bond acceptors (Lipinski definition) is 2. The highest BCUT2D eigenvalue weighted by molar-refractivity contribution is 5.73. The van der Waals surface area contributed by atoms with Crippen LogP contribution in [0.1, 0.15) is 37.3 Å². The van der Waals surface area contributed by atoms with Crippen molar-refractivity contribution < 1.29 is 9.90 Å². The summed E-state index contributed by atoms with van der Waals surface area (Å²) in [7, 11) is 1.89. The average molecular weight is 249 g/mol. The minimum absolute atomic E-state index is 0.385. The fourth-order valence-corrected chi connectivity index (χ4v) is 2.10. The van der Waals surface area contributed by atoms with Gasteiger partial charge >= 0.3 is 5.97 Å². The topological polar surface area (TPSA) is 40.5 Å². The van der Waals surface area contributed by atoms with E-state index in [9.17, 15) is 9.90 Å². The fourth-order valence-electron chi connectivity index (χ4n) is 2.10. The zero-order valence-electron chi connectivity index (χ0n) is 11.5. The van der Waals surface area contributed by atoms with Gasteiger partial charge in [-0.05, 0) is 31.5 Å². The van der Waals surface area contributed by atoms with Crippen LogP contribution in [-0.2, 0) is 11.3 Å². The molecule has 3 heteroatoms. The third-order valence-corrected chi connectivity index (χ3v) is 3.33. The summed E-state index contributed by atoms with van der Waals surface area (Å²) in [6, 6.07) is 7.74. The molecule has 0 aliphatic rings. The Morgan fingerprint density at radius 3 is 2.61 bits per heavy atom. The molecule has 0 aliphatic heterocycles.